The maximum Gasteiger partial charge on any atom is 0.134 e. The topological polar surface area (TPSA) is 13.1 Å². The summed E-state index contributed by atoms with van der Waals surface area (Å²) < 4.78 is 6.54. The first-order chi connectivity index (χ1) is 21.3. The van der Waals surface area contributed by atoms with Gasteiger partial charge in [0.2, 0.25) is 0 Å². The average molecular weight is 549 g/mol. The molecule has 7 aromatic rings. The molecule has 2 aliphatic carbocycles. The minimum atomic E-state index is 0.251. The Morgan fingerprint density at radius 1 is 0.442 bits per heavy atom. The minimum absolute atomic E-state index is 0.251. The predicted octanol–water partition coefficient (Wildman–Crippen LogP) is 11.6. The average Bonchev–Trinajstić information content (AvgIpc) is 3.46. The smallest absolute Gasteiger partial charge is 0.134 e. The summed E-state index contributed by atoms with van der Waals surface area (Å²) in [5.41, 5.74) is 9.57. The molecule has 2 aliphatic rings. The normalized spacial score (nSPS) is 17.0. The lowest BCUT2D eigenvalue weighted by molar-refractivity contribution is 0.492. The number of rotatable bonds is 3. The number of allylic oxidation sites excluding steroid dienone is 5. The van der Waals surface area contributed by atoms with E-state index in [9.17, 15) is 0 Å². The van der Waals surface area contributed by atoms with E-state index < -0.39 is 0 Å². The Kier molecular flexibility index (Phi) is 5.39. The third-order valence-electron chi connectivity index (χ3n) is 9.20. The molecular weight excluding hydrogens is 520 g/mol. The number of hydrogen-bond acceptors (Lipinski definition) is 1. The first-order valence-electron chi connectivity index (χ1n) is 15.0. The quantitative estimate of drug-likeness (QED) is 0.200. The molecule has 0 saturated heterocycles. The van der Waals surface area contributed by atoms with Crippen molar-refractivity contribution >= 4 is 38.6 Å². The molecule has 0 amide bonds. The highest BCUT2D eigenvalue weighted by Gasteiger charge is 2.29. The molecule has 0 radical (unpaired) electrons. The maximum absolute atomic E-state index is 6.54. The van der Waals surface area contributed by atoms with E-state index in [1.54, 1.807) is 0 Å². The van der Waals surface area contributed by atoms with Gasteiger partial charge in [-0.2, -0.15) is 0 Å². The standard InChI is InChI=1S/C42H28O/c1-3-11-27(12-4-1)30-20-22-35-38(25-30)41(34-18-10-9-17-33(34)40(35)29-14-5-2-6-15-29)31-21-24-39-37(26-31)36-23-19-28-13-7-8-16-32(28)42(36)43-39/h1-26,28,32H. The number of fused-ring (bicyclic) bond motifs is 7. The first kappa shape index (κ1) is 24.2. The van der Waals surface area contributed by atoms with Crippen molar-refractivity contribution in [2.75, 3.05) is 0 Å². The summed E-state index contributed by atoms with van der Waals surface area (Å²) in [7, 11) is 0. The molecule has 2 atom stereocenters. The molecule has 0 spiro atoms. The molecule has 1 nitrogen and oxygen atoms in total. The Morgan fingerprint density at radius 3 is 1.86 bits per heavy atom. The van der Waals surface area contributed by atoms with Crippen molar-refractivity contribution in [1.82, 2.24) is 0 Å². The van der Waals surface area contributed by atoms with Gasteiger partial charge >= 0.3 is 0 Å². The first-order valence-corrected chi connectivity index (χ1v) is 15.0. The lowest BCUT2D eigenvalue weighted by Gasteiger charge is -2.23. The van der Waals surface area contributed by atoms with Gasteiger partial charge in [0, 0.05) is 22.8 Å². The van der Waals surface area contributed by atoms with Crippen LogP contribution < -0.4 is 0 Å². The Hall–Kier alpha value is -5.40. The van der Waals surface area contributed by atoms with E-state index in [4.69, 9.17) is 4.42 Å². The van der Waals surface area contributed by atoms with Crippen LogP contribution in [0.15, 0.2) is 156 Å². The molecule has 202 valence electrons. The molecule has 0 N–H and O–H groups in total. The lowest BCUT2D eigenvalue weighted by atomic mass is 9.80. The summed E-state index contributed by atoms with van der Waals surface area (Å²) in [6, 6.07) is 44.1. The zero-order valence-corrected chi connectivity index (χ0v) is 23.6. The molecular formula is C42H28O. The van der Waals surface area contributed by atoms with Gasteiger partial charge < -0.3 is 4.42 Å². The van der Waals surface area contributed by atoms with Gasteiger partial charge in [0.25, 0.3) is 0 Å². The molecule has 43 heavy (non-hydrogen) atoms. The second-order valence-electron chi connectivity index (χ2n) is 11.6. The van der Waals surface area contributed by atoms with Gasteiger partial charge in [-0.25, -0.2) is 0 Å². The number of hydrogen-bond donors (Lipinski definition) is 0. The third-order valence-corrected chi connectivity index (χ3v) is 9.20. The van der Waals surface area contributed by atoms with Crippen LogP contribution in [0.25, 0.3) is 72.0 Å². The van der Waals surface area contributed by atoms with Crippen LogP contribution in [0, 0.1) is 5.92 Å². The van der Waals surface area contributed by atoms with Crippen LogP contribution in [0.2, 0.25) is 0 Å². The number of furan rings is 1. The Bertz CT molecular complexity index is 2280. The SMILES string of the molecule is C1=CC2C=Cc3c(oc4ccc(-c5c6ccccc6c(-c6ccccc6)c6ccc(-c7ccccc7)cc56)cc34)C2C=C1. The van der Waals surface area contributed by atoms with Crippen molar-refractivity contribution in [1.29, 1.82) is 0 Å². The molecule has 1 heterocycles. The predicted molar refractivity (Wildman–Crippen MR) is 181 cm³/mol. The van der Waals surface area contributed by atoms with Gasteiger partial charge in [0.05, 0.1) is 0 Å². The largest absolute Gasteiger partial charge is 0.460 e. The Balaban J connectivity index is 1.36. The van der Waals surface area contributed by atoms with Crippen molar-refractivity contribution in [2.24, 2.45) is 5.92 Å². The van der Waals surface area contributed by atoms with E-state index in [0.717, 1.165) is 11.3 Å². The van der Waals surface area contributed by atoms with Gasteiger partial charge in [0.15, 0.2) is 0 Å². The summed E-state index contributed by atoms with van der Waals surface area (Å²) in [6.07, 6.45) is 13.4. The fourth-order valence-corrected chi connectivity index (χ4v) is 7.20. The summed E-state index contributed by atoms with van der Waals surface area (Å²) >= 11 is 0. The van der Waals surface area contributed by atoms with Gasteiger partial charge in [-0.3, -0.25) is 0 Å². The van der Waals surface area contributed by atoms with E-state index in [1.165, 1.54) is 65.9 Å². The number of benzene rings is 6. The van der Waals surface area contributed by atoms with Crippen molar-refractivity contribution < 1.29 is 4.42 Å². The van der Waals surface area contributed by atoms with E-state index in [1.807, 2.05) is 0 Å². The van der Waals surface area contributed by atoms with Crippen LogP contribution in [0.4, 0.5) is 0 Å². The summed E-state index contributed by atoms with van der Waals surface area (Å²) in [5.74, 6) is 1.68. The van der Waals surface area contributed by atoms with Gasteiger partial charge in [0.1, 0.15) is 11.3 Å². The van der Waals surface area contributed by atoms with E-state index >= 15 is 0 Å². The molecule has 0 saturated carbocycles. The highest BCUT2D eigenvalue weighted by Crippen LogP contribution is 2.47. The minimum Gasteiger partial charge on any atom is -0.460 e. The monoisotopic (exact) mass is 548 g/mol. The van der Waals surface area contributed by atoms with Crippen molar-refractivity contribution in [3.63, 3.8) is 0 Å². The van der Waals surface area contributed by atoms with Crippen molar-refractivity contribution in [3.8, 4) is 33.4 Å². The van der Waals surface area contributed by atoms with Crippen LogP contribution in [0.1, 0.15) is 17.2 Å². The molecule has 0 bridgehead atoms. The summed E-state index contributed by atoms with van der Waals surface area (Å²) in [5, 5.41) is 6.21. The van der Waals surface area contributed by atoms with E-state index in [2.05, 4.69) is 158 Å². The second kappa shape index (κ2) is 9.58. The van der Waals surface area contributed by atoms with Crippen molar-refractivity contribution in [3.05, 3.63) is 163 Å². The van der Waals surface area contributed by atoms with Crippen LogP contribution in [0.5, 0.6) is 0 Å². The fraction of sp³-hybridized carbons (Fsp3) is 0.0476. The molecule has 1 aromatic heterocycles. The zero-order chi connectivity index (χ0) is 28.3. The third kappa shape index (κ3) is 3.78. The van der Waals surface area contributed by atoms with Crippen LogP contribution in [0.3, 0.4) is 0 Å². The Morgan fingerprint density at radius 2 is 1.07 bits per heavy atom. The molecule has 0 aliphatic heterocycles. The second-order valence-corrected chi connectivity index (χ2v) is 11.6. The molecule has 0 fully saturated rings. The van der Waals surface area contributed by atoms with Gasteiger partial charge in [-0.1, -0.05) is 140 Å². The fourth-order valence-electron chi connectivity index (χ4n) is 7.20. The van der Waals surface area contributed by atoms with E-state index in [-0.39, 0.29) is 5.92 Å². The lowest BCUT2D eigenvalue weighted by Crippen LogP contribution is -2.11. The zero-order valence-electron chi connectivity index (χ0n) is 23.6. The Labute approximate surface area is 250 Å². The molecule has 1 heteroatoms. The van der Waals surface area contributed by atoms with Gasteiger partial charge in [-0.05, 0) is 73.1 Å². The highest BCUT2D eigenvalue weighted by molar-refractivity contribution is 6.22. The molecule has 2 unspecified atom stereocenters. The summed E-state index contributed by atoms with van der Waals surface area (Å²) in [6.45, 7) is 0. The van der Waals surface area contributed by atoms with Crippen LogP contribution in [-0.2, 0) is 0 Å². The molecule has 6 aromatic carbocycles. The van der Waals surface area contributed by atoms with Crippen LogP contribution >= 0.6 is 0 Å². The van der Waals surface area contributed by atoms with E-state index in [0.29, 0.717) is 5.92 Å². The van der Waals surface area contributed by atoms with Crippen LogP contribution in [-0.4, -0.2) is 0 Å². The van der Waals surface area contributed by atoms with Crippen molar-refractivity contribution in [2.45, 2.75) is 5.92 Å². The molecule has 9 rings (SSSR count). The maximum atomic E-state index is 6.54. The van der Waals surface area contributed by atoms with Gasteiger partial charge in [-0.15, -0.1) is 0 Å². The summed E-state index contributed by atoms with van der Waals surface area (Å²) in [4.78, 5) is 0. The highest BCUT2D eigenvalue weighted by atomic mass is 16.3.